The van der Waals surface area contributed by atoms with E-state index >= 15 is 0 Å². The molecule has 3 fully saturated rings. The molecule has 2 heterocycles. The van der Waals surface area contributed by atoms with Crippen molar-refractivity contribution in [2.24, 2.45) is 5.41 Å². The molecule has 1 aliphatic carbocycles. The first kappa shape index (κ1) is 9.13. The molecule has 3 aliphatic rings. The summed E-state index contributed by atoms with van der Waals surface area (Å²) in [6.07, 6.45) is 5.87. The minimum absolute atomic E-state index is 0.395. The second-order valence-electron chi connectivity index (χ2n) is 5.10. The van der Waals surface area contributed by atoms with Crippen molar-refractivity contribution in [1.82, 2.24) is 5.32 Å². The van der Waals surface area contributed by atoms with Gasteiger partial charge in [-0.25, -0.2) is 0 Å². The predicted molar refractivity (Wildman–Crippen MR) is 53.3 cm³/mol. The average molecular weight is 197 g/mol. The molecule has 0 radical (unpaired) electrons. The van der Waals surface area contributed by atoms with Crippen LogP contribution in [0.3, 0.4) is 0 Å². The van der Waals surface area contributed by atoms with E-state index in [2.05, 4.69) is 5.32 Å². The lowest BCUT2D eigenvalue weighted by molar-refractivity contribution is -0.121. The van der Waals surface area contributed by atoms with Gasteiger partial charge in [0.05, 0.1) is 18.8 Å². The Bertz CT molecular complexity index is 201. The monoisotopic (exact) mass is 197 g/mol. The molecule has 1 atom stereocenters. The van der Waals surface area contributed by atoms with E-state index in [0.717, 1.165) is 13.2 Å². The maximum atomic E-state index is 5.84. The Labute approximate surface area is 85.1 Å². The summed E-state index contributed by atoms with van der Waals surface area (Å²) < 4.78 is 11.4. The maximum Gasteiger partial charge on any atom is 0.0809 e. The summed E-state index contributed by atoms with van der Waals surface area (Å²) >= 11 is 0. The highest BCUT2D eigenvalue weighted by Gasteiger charge is 2.49. The summed E-state index contributed by atoms with van der Waals surface area (Å²) in [4.78, 5) is 0. The molecule has 0 aromatic heterocycles. The smallest absolute Gasteiger partial charge is 0.0809 e. The Balaban J connectivity index is 1.34. The molecular weight excluding hydrogens is 178 g/mol. The SMILES string of the molecule is C1COC(COC2CC3(CNC3)C2)C1. The van der Waals surface area contributed by atoms with Gasteiger partial charge in [-0.3, -0.25) is 0 Å². The second-order valence-corrected chi connectivity index (χ2v) is 5.10. The highest BCUT2D eigenvalue weighted by Crippen LogP contribution is 2.45. The van der Waals surface area contributed by atoms with Crippen LogP contribution in [0.15, 0.2) is 0 Å². The molecule has 1 unspecified atom stereocenters. The first-order valence-corrected chi connectivity index (χ1v) is 5.80. The first-order valence-electron chi connectivity index (χ1n) is 5.80. The topological polar surface area (TPSA) is 30.5 Å². The fraction of sp³-hybridized carbons (Fsp3) is 1.00. The summed E-state index contributed by atoms with van der Waals surface area (Å²) in [5, 5.41) is 3.34. The van der Waals surface area contributed by atoms with E-state index in [-0.39, 0.29) is 0 Å². The number of hydrogen-bond acceptors (Lipinski definition) is 3. The summed E-state index contributed by atoms with van der Waals surface area (Å²) in [5.74, 6) is 0. The average Bonchev–Trinajstić information content (AvgIpc) is 2.50. The van der Waals surface area contributed by atoms with Crippen LogP contribution in [0.1, 0.15) is 25.7 Å². The Morgan fingerprint density at radius 2 is 2.21 bits per heavy atom. The van der Waals surface area contributed by atoms with Crippen LogP contribution in [0, 0.1) is 5.41 Å². The third kappa shape index (κ3) is 1.58. The van der Waals surface area contributed by atoms with Gasteiger partial charge in [-0.1, -0.05) is 0 Å². The van der Waals surface area contributed by atoms with E-state index in [1.165, 1.54) is 38.8 Å². The van der Waals surface area contributed by atoms with Crippen LogP contribution in [-0.4, -0.2) is 38.5 Å². The molecule has 80 valence electrons. The molecule has 2 aliphatic heterocycles. The third-order valence-electron chi connectivity index (χ3n) is 3.86. The van der Waals surface area contributed by atoms with Gasteiger partial charge in [-0.2, -0.15) is 0 Å². The van der Waals surface area contributed by atoms with E-state index in [0.29, 0.717) is 17.6 Å². The zero-order valence-corrected chi connectivity index (χ0v) is 8.63. The maximum absolute atomic E-state index is 5.84. The van der Waals surface area contributed by atoms with Gasteiger partial charge >= 0.3 is 0 Å². The van der Waals surface area contributed by atoms with Crippen molar-refractivity contribution < 1.29 is 9.47 Å². The summed E-state index contributed by atoms with van der Waals surface area (Å²) in [7, 11) is 0. The summed E-state index contributed by atoms with van der Waals surface area (Å²) in [6, 6.07) is 0. The molecule has 3 nitrogen and oxygen atoms in total. The van der Waals surface area contributed by atoms with Crippen molar-refractivity contribution in [3.8, 4) is 0 Å². The van der Waals surface area contributed by atoms with E-state index in [9.17, 15) is 0 Å². The van der Waals surface area contributed by atoms with Gasteiger partial charge < -0.3 is 14.8 Å². The van der Waals surface area contributed by atoms with Crippen LogP contribution in [0.5, 0.6) is 0 Å². The molecule has 1 saturated carbocycles. The zero-order chi connectivity index (χ0) is 9.43. The normalized spacial score (nSPS) is 35.6. The first-order chi connectivity index (χ1) is 6.86. The predicted octanol–water partition coefficient (Wildman–Crippen LogP) is 0.934. The standard InChI is InChI=1S/C11H19NO2/c1-2-9(13-3-1)6-14-10-4-11(5-10)7-12-8-11/h9-10,12H,1-8H2. The van der Waals surface area contributed by atoms with E-state index in [1.54, 1.807) is 0 Å². The van der Waals surface area contributed by atoms with Crippen molar-refractivity contribution in [2.75, 3.05) is 26.3 Å². The van der Waals surface area contributed by atoms with Gasteiger partial charge in [0.15, 0.2) is 0 Å². The Kier molecular flexibility index (Phi) is 2.26. The number of hydrogen-bond donors (Lipinski definition) is 1. The number of nitrogens with one attached hydrogen (secondary N) is 1. The molecule has 1 spiro atoms. The molecule has 14 heavy (non-hydrogen) atoms. The van der Waals surface area contributed by atoms with Crippen molar-refractivity contribution in [1.29, 1.82) is 0 Å². The van der Waals surface area contributed by atoms with Crippen LogP contribution < -0.4 is 5.32 Å². The van der Waals surface area contributed by atoms with E-state index in [1.807, 2.05) is 0 Å². The van der Waals surface area contributed by atoms with Crippen LogP contribution in [0.25, 0.3) is 0 Å². The van der Waals surface area contributed by atoms with Crippen molar-refractivity contribution in [2.45, 2.75) is 37.9 Å². The van der Waals surface area contributed by atoms with Gasteiger partial charge in [0.25, 0.3) is 0 Å². The second kappa shape index (κ2) is 3.47. The van der Waals surface area contributed by atoms with Crippen molar-refractivity contribution in [3.63, 3.8) is 0 Å². The van der Waals surface area contributed by atoms with Gasteiger partial charge in [0.2, 0.25) is 0 Å². The highest BCUT2D eigenvalue weighted by molar-refractivity contribution is 5.03. The van der Waals surface area contributed by atoms with E-state index < -0.39 is 0 Å². The third-order valence-corrected chi connectivity index (χ3v) is 3.86. The van der Waals surface area contributed by atoms with Crippen molar-refractivity contribution in [3.05, 3.63) is 0 Å². The molecule has 0 aromatic rings. The minimum atomic E-state index is 0.395. The largest absolute Gasteiger partial charge is 0.376 e. The number of rotatable bonds is 3. The Morgan fingerprint density at radius 3 is 2.79 bits per heavy atom. The molecule has 3 rings (SSSR count). The lowest BCUT2D eigenvalue weighted by Crippen LogP contribution is -2.62. The molecule has 0 amide bonds. The van der Waals surface area contributed by atoms with Crippen LogP contribution >= 0.6 is 0 Å². The molecule has 0 aromatic carbocycles. The van der Waals surface area contributed by atoms with Crippen LogP contribution in [0.2, 0.25) is 0 Å². The quantitative estimate of drug-likeness (QED) is 0.730. The molecule has 2 saturated heterocycles. The lowest BCUT2D eigenvalue weighted by Gasteiger charge is -2.54. The minimum Gasteiger partial charge on any atom is -0.376 e. The molecule has 1 N–H and O–H groups in total. The zero-order valence-electron chi connectivity index (χ0n) is 8.63. The van der Waals surface area contributed by atoms with Gasteiger partial charge in [0, 0.05) is 25.1 Å². The van der Waals surface area contributed by atoms with Gasteiger partial charge in [-0.05, 0) is 25.7 Å². The fourth-order valence-electron chi connectivity index (χ4n) is 2.81. The fourth-order valence-corrected chi connectivity index (χ4v) is 2.81. The van der Waals surface area contributed by atoms with E-state index in [4.69, 9.17) is 9.47 Å². The Hall–Kier alpha value is -0.120. The van der Waals surface area contributed by atoms with Crippen molar-refractivity contribution >= 4 is 0 Å². The summed E-state index contributed by atoms with van der Waals surface area (Å²) in [6.45, 7) is 4.19. The highest BCUT2D eigenvalue weighted by atomic mass is 16.5. The van der Waals surface area contributed by atoms with Gasteiger partial charge in [-0.15, -0.1) is 0 Å². The molecule has 0 bridgehead atoms. The number of ether oxygens (including phenoxy) is 2. The molecule has 3 heteroatoms. The summed E-state index contributed by atoms with van der Waals surface area (Å²) in [5.41, 5.74) is 0.640. The van der Waals surface area contributed by atoms with Crippen LogP contribution in [-0.2, 0) is 9.47 Å². The molecular formula is C11H19NO2. The Morgan fingerprint density at radius 1 is 1.36 bits per heavy atom. The lowest BCUT2D eigenvalue weighted by atomic mass is 9.63. The van der Waals surface area contributed by atoms with Gasteiger partial charge in [0.1, 0.15) is 0 Å². The van der Waals surface area contributed by atoms with Crippen LogP contribution in [0.4, 0.5) is 0 Å².